The van der Waals surface area contributed by atoms with Gasteiger partial charge in [-0.3, -0.25) is 0 Å². The van der Waals surface area contributed by atoms with Gasteiger partial charge in [-0.15, -0.1) is 23.2 Å². The monoisotopic (exact) mass is 280 g/mol. The zero-order valence-electron chi connectivity index (χ0n) is 10.4. The predicted molar refractivity (Wildman–Crippen MR) is 76.3 cm³/mol. The van der Waals surface area contributed by atoms with Gasteiger partial charge < -0.3 is 4.90 Å². The molecule has 0 saturated carbocycles. The van der Waals surface area contributed by atoms with E-state index in [0.29, 0.717) is 5.67 Å². The third-order valence-corrected chi connectivity index (χ3v) is 7.88. The Morgan fingerprint density at radius 1 is 1.06 bits per heavy atom. The molecule has 0 bridgehead atoms. The molecular weight excluding hydrogens is 257 g/mol. The minimum Gasteiger partial charge on any atom is -0.304 e. The molecule has 1 atom stereocenters. The number of hydrogen-bond acceptors (Lipinski definition) is 1. The Labute approximate surface area is 112 Å². The summed E-state index contributed by atoms with van der Waals surface area (Å²) in [5.74, 6) is 1.51. The smallest absolute Gasteiger partial charge is 0.0707 e. The molecule has 1 saturated heterocycles. The van der Waals surface area contributed by atoms with Gasteiger partial charge in [0.05, 0.1) is 8.80 Å². The van der Waals surface area contributed by atoms with Gasteiger partial charge in [-0.05, 0) is 7.05 Å². The van der Waals surface area contributed by atoms with E-state index < -0.39 is 0 Å². The standard InChI is InChI=1S/C12H24Cl2NSi/c1-15(8-7-13)12(11-14)16-9-5-3-2-4-6-10-16/h12H,2-11H2,1H3. The fraction of sp³-hybridized carbons (Fsp3) is 1.00. The fourth-order valence-corrected chi connectivity index (χ4v) is 6.97. The first-order valence-electron chi connectivity index (χ1n) is 6.46. The first-order valence-corrected chi connectivity index (χ1v) is 9.52. The lowest BCUT2D eigenvalue weighted by atomic mass is 10.2. The van der Waals surface area contributed by atoms with Crippen LogP contribution in [0.4, 0.5) is 0 Å². The largest absolute Gasteiger partial charge is 0.304 e. The highest BCUT2D eigenvalue weighted by Gasteiger charge is 2.26. The summed E-state index contributed by atoms with van der Waals surface area (Å²) < 4.78 is 0. The molecule has 1 rings (SSSR count). The molecule has 4 heteroatoms. The Bertz CT molecular complexity index is 172. The van der Waals surface area contributed by atoms with Gasteiger partial charge in [0.2, 0.25) is 0 Å². The lowest BCUT2D eigenvalue weighted by Crippen LogP contribution is -2.46. The van der Waals surface area contributed by atoms with Crippen molar-refractivity contribution in [1.82, 2.24) is 4.90 Å². The molecule has 1 fully saturated rings. The van der Waals surface area contributed by atoms with Crippen LogP contribution in [0, 0.1) is 0 Å². The summed E-state index contributed by atoms with van der Waals surface area (Å²) in [4.78, 5) is 2.40. The third kappa shape index (κ3) is 4.95. The molecule has 1 unspecified atom stereocenters. The van der Waals surface area contributed by atoms with Gasteiger partial charge in [0.25, 0.3) is 0 Å². The van der Waals surface area contributed by atoms with E-state index in [2.05, 4.69) is 11.9 Å². The Hall–Kier alpha value is 0.757. The van der Waals surface area contributed by atoms with Crippen LogP contribution in [0.1, 0.15) is 32.1 Å². The second kappa shape index (κ2) is 8.79. The van der Waals surface area contributed by atoms with Crippen molar-refractivity contribution in [2.75, 3.05) is 25.4 Å². The van der Waals surface area contributed by atoms with Crippen LogP contribution in [0.5, 0.6) is 0 Å². The Morgan fingerprint density at radius 2 is 1.62 bits per heavy atom. The predicted octanol–water partition coefficient (Wildman–Crippen LogP) is 3.76. The fourth-order valence-electron chi connectivity index (χ4n) is 2.52. The van der Waals surface area contributed by atoms with E-state index >= 15 is 0 Å². The van der Waals surface area contributed by atoms with Gasteiger partial charge in [-0.2, -0.15) is 0 Å². The zero-order valence-corrected chi connectivity index (χ0v) is 12.9. The molecule has 1 nitrogen and oxygen atoms in total. The number of hydrogen-bond donors (Lipinski definition) is 0. The molecule has 0 aromatic carbocycles. The summed E-state index contributed by atoms with van der Waals surface area (Å²) in [6, 6.07) is 2.91. The highest BCUT2D eigenvalue weighted by atomic mass is 35.5. The molecule has 0 N–H and O–H groups in total. The van der Waals surface area contributed by atoms with Crippen molar-refractivity contribution in [3.8, 4) is 0 Å². The van der Waals surface area contributed by atoms with Crippen LogP contribution in [0.2, 0.25) is 12.1 Å². The van der Waals surface area contributed by atoms with Crippen molar-refractivity contribution in [3.63, 3.8) is 0 Å². The van der Waals surface area contributed by atoms with Crippen molar-refractivity contribution in [3.05, 3.63) is 0 Å². The van der Waals surface area contributed by atoms with Gasteiger partial charge in [0.1, 0.15) is 0 Å². The van der Waals surface area contributed by atoms with Crippen LogP contribution in [-0.2, 0) is 0 Å². The summed E-state index contributed by atoms with van der Waals surface area (Å²) in [7, 11) is 1.90. The normalized spacial score (nSPS) is 21.8. The molecule has 0 spiro atoms. The van der Waals surface area contributed by atoms with Crippen LogP contribution in [0.15, 0.2) is 0 Å². The number of nitrogens with zero attached hydrogens (tertiary/aromatic N) is 1. The molecule has 1 heterocycles. The molecule has 0 amide bonds. The molecule has 95 valence electrons. The summed E-state index contributed by atoms with van der Waals surface area (Å²) in [6.45, 7) is 0.979. The second-order valence-corrected chi connectivity index (χ2v) is 8.44. The van der Waals surface area contributed by atoms with E-state index in [9.17, 15) is 0 Å². The van der Waals surface area contributed by atoms with Crippen molar-refractivity contribution in [2.45, 2.75) is 49.9 Å². The van der Waals surface area contributed by atoms with Crippen LogP contribution in [0.25, 0.3) is 0 Å². The average Bonchev–Trinajstić information content (AvgIpc) is 2.22. The topological polar surface area (TPSA) is 3.24 Å². The number of alkyl halides is 2. The quantitative estimate of drug-likeness (QED) is 0.548. The second-order valence-electron chi connectivity index (χ2n) is 4.77. The molecule has 16 heavy (non-hydrogen) atoms. The Morgan fingerprint density at radius 3 is 2.12 bits per heavy atom. The van der Waals surface area contributed by atoms with Crippen molar-refractivity contribution in [1.29, 1.82) is 0 Å². The van der Waals surface area contributed by atoms with E-state index in [1.807, 2.05) is 0 Å². The first-order chi connectivity index (χ1) is 7.79. The summed E-state index contributed by atoms with van der Waals surface area (Å²) in [6.07, 6.45) is 7.16. The Kier molecular flexibility index (Phi) is 8.14. The highest BCUT2D eigenvalue weighted by molar-refractivity contribution is 6.61. The molecule has 1 radical (unpaired) electrons. The molecule has 0 aliphatic carbocycles. The molecule has 0 aromatic heterocycles. The van der Waals surface area contributed by atoms with Gasteiger partial charge in [-0.25, -0.2) is 0 Å². The van der Waals surface area contributed by atoms with E-state index in [1.54, 1.807) is 0 Å². The lowest BCUT2D eigenvalue weighted by Gasteiger charge is -2.33. The molecule has 1 aliphatic rings. The maximum atomic E-state index is 6.17. The SMILES string of the molecule is CN(CCCl)C(CCl)[Si]1CCCCCCC1. The lowest BCUT2D eigenvalue weighted by molar-refractivity contribution is 0.335. The van der Waals surface area contributed by atoms with E-state index in [1.165, 1.54) is 44.2 Å². The number of rotatable bonds is 5. The van der Waals surface area contributed by atoms with E-state index in [4.69, 9.17) is 23.2 Å². The van der Waals surface area contributed by atoms with Gasteiger partial charge in [0, 0.05) is 24.0 Å². The average molecular weight is 281 g/mol. The van der Waals surface area contributed by atoms with Gasteiger partial charge >= 0.3 is 0 Å². The summed E-state index contributed by atoms with van der Waals surface area (Å²) in [5, 5.41) is 0. The maximum absolute atomic E-state index is 6.17. The summed E-state index contributed by atoms with van der Waals surface area (Å²) in [5.41, 5.74) is 0.628. The molecule has 1 aliphatic heterocycles. The van der Waals surface area contributed by atoms with Crippen LogP contribution < -0.4 is 0 Å². The third-order valence-electron chi connectivity index (χ3n) is 3.58. The minimum atomic E-state index is -0.282. The van der Waals surface area contributed by atoms with Crippen LogP contribution in [-0.4, -0.2) is 44.7 Å². The Balaban J connectivity index is 2.47. The van der Waals surface area contributed by atoms with Crippen LogP contribution >= 0.6 is 23.2 Å². The van der Waals surface area contributed by atoms with E-state index in [0.717, 1.165) is 18.3 Å². The van der Waals surface area contributed by atoms with E-state index in [-0.39, 0.29) is 8.80 Å². The van der Waals surface area contributed by atoms with Crippen molar-refractivity contribution < 1.29 is 0 Å². The first kappa shape index (κ1) is 14.8. The molecular formula is C12H24Cl2NSi. The maximum Gasteiger partial charge on any atom is 0.0707 e. The highest BCUT2D eigenvalue weighted by Crippen LogP contribution is 2.22. The molecule has 0 aromatic rings. The van der Waals surface area contributed by atoms with Gasteiger partial charge in [-0.1, -0.05) is 44.2 Å². The van der Waals surface area contributed by atoms with Crippen LogP contribution in [0.3, 0.4) is 0 Å². The van der Waals surface area contributed by atoms with Crippen molar-refractivity contribution in [2.24, 2.45) is 0 Å². The zero-order chi connectivity index (χ0) is 11.8. The van der Waals surface area contributed by atoms with Gasteiger partial charge in [0.15, 0.2) is 0 Å². The minimum absolute atomic E-state index is 0.282. The summed E-state index contributed by atoms with van der Waals surface area (Å²) >= 11 is 12.0. The number of halogens is 2. The van der Waals surface area contributed by atoms with Crippen molar-refractivity contribution >= 4 is 32.0 Å².